The highest BCUT2D eigenvalue weighted by Gasteiger charge is 2.46. The van der Waals surface area contributed by atoms with E-state index < -0.39 is 49.1 Å². The lowest BCUT2D eigenvalue weighted by molar-refractivity contribution is -0.389. The maximum Gasteiger partial charge on any atom is 0.346 e. The van der Waals surface area contributed by atoms with E-state index in [1.807, 2.05) is 0 Å². The van der Waals surface area contributed by atoms with Gasteiger partial charge in [-0.25, -0.2) is 4.79 Å². The molecule has 214 valence electrons. The van der Waals surface area contributed by atoms with Gasteiger partial charge in [0.2, 0.25) is 12.2 Å². The lowest BCUT2D eigenvalue weighted by Crippen LogP contribution is -2.64. The number of ether oxygens (including phenoxy) is 2. The normalized spacial score (nSPS) is 22.6. The Morgan fingerprint density at radius 1 is 1.10 bits per heavy atom. The van der Waals surface area contributed by atoms with Crippen molar-refractivity contribution in [2.45, 2.75) is 50.9 Å². The first-order valence-electron chi connectivity index (χ1n) is 12.3. The molecule has 1 amide bonds. The monoisotopic (exact) mass is 576 g/mol. The summed E-state index contributed by atoms with van der Waals surface area (Å²) in [5.41, 5.74) is 1.86. The van der Waals surface area contributed by atoms with Crippen molar-refractivity contribution in [1.82, 2.24) is 9.88 Å². The van der Waals surface area contributed by atoms with E-state index in [-0.39, 0.29) is 12.3 Å². The molecule has 40 heavy (non-hydrogen) atoms. The summed E-state index contributed by atoms with van der Waals surface area (Å²) in [4.78, 5) is 48.1. The number of halogens is 1. The van der Waals surface area contributed by atoms with Crippen LogP contribution in [0, 0.1) is 6.92 Å². The first-order chi connectivity index (χ1) is 19.0. The molecule has 0 aliphatic carbocycles. The quantitative estimate of drug-likeness (QED) is 0.226. The molecule has 5 atom stereocenters. The van der Waals surface area contributed by atoms with Gasteiger partial charge in [0.1, 0.15) is 30.1 Å². The van der Waals surface area contributed by atoms with Crippen LogP contribution in [0.3, 0.4) is 0 Å². The number of aromatic nitrogens is 1. The first kappa shape index (κ1) is 29.5. The number of aliphatic hydroxyl groups excluding tert-OH is 3. The summed E-state index contributed by atoms with van der Waals surface area (Å²) in [6, 6.07) is 10.2. The third-order valence-corrected chi connectivity index (χ3v) is 6.90. The summed E-state index contributed by atoms with van der Waals surface area (Å²) in [7, 11) is 1.49. The molecular formula is C27H29ClN2O10. The fraction of sp³-hybridized carbons (Fsp3) is 0.370. The minimum atomic E-state index is -1.58. The van der Waals surface area contributed by atoms with Gasteiger partial charge in [-0.1, -0.05) is 11.6 Å². The van der Waals surface area contributed by atoms with Crippen LogP contribution in [0.15, 0.2) is 42.5 Å². The lowest BCUT2D eigenvalue weighted by Gasteiger charge is -2.40. The van der Waals surface area contributed by atoms with E-state index in [2.05, 4.69) is 5.32 Å². The number of nitrogens with one attached hydrogen (secondary N) is 1. The van der Waals surface area contributed by atoms with E-state index in [4.69, 9.17) is 30.8 Å². The number of hydrogen-bond donors (Lipinski definition) is 4. The summed E-state index contributed by atoms with van der Waals surface area (Å²) < 4.78 is 12.2. The molecule has 0 saturated carbocycles. The molecule has 2 heterocycles. The predicted octanol–water partition coefficient (Wildman–Crippen LogP) is 1.26. The van der Waals surface area contributed by atoms with E-state index in [1.165, 1.54) is 18.6 Å². The zero-order valence-corrected chi connectivity index (χ0v) is 22.6. The third kappa shape index (κ3) is 5.97. The standard InChI is InChI=1S/C27H29ClN2O10/c1-13-18(11-22(33)39-40-27-23(29-14(2)32)25(35)24(34)21(12-31)38-27)19-10-17(37-3)8-9-20(19)30(13)26(36)15-4-6-16(28)7-5-15/h4-10,21,23-25,27,31,34-35H,11-12H2,1-3H3,(H,29,32)/t21-,23-,24-,25-,27-/m1/s1. The van der Waals surface area contributed by atoms with Crippen LogP contribution in [0.25, 0.3) is 10.9 Å². The number of hydrogen-bond acceptors (Lipinski definition) is 10. The van der Waals surface area contributed by atoms with Crippen LogP contribution in [0.2, 0.25) is 5.02 Å². The summed E-state index contributed by atoms with van der Waals surface area (Å²) >= 11 is 5.97. The maximum absolute atomic E-state index is 13.5. The van der Waals surface area contributed by atoms with Gasteiger partial charge in [0, 0.05) is 28.6 Å². The Morgan fingerprint density at radius 2 is 1.80 bits per heavy atom. The summed E-state index contributed by atoms with van der Waals surface area (Å²) in [5.74, 6) is -1.28. The van der Waals surface area contributed by atoms with E-state index in [1.54, 1.807) is 49.4 Å². The number of carbonyl (C=O) groups excluding carboxylic acids is 3. The molecule has 2 aromatic carbocycles. The zero-order valence-electron chi connectivity index (χ0n) is 21.9. The Balaban J connectivity index is 1.60. The molecule has 1 saturated heterocycles. The molecule has 3 aromatic rings. The number of benzene rings is 2. The number of amides is 1. The van der Waals surface area contributed by atoms with Crippen molar-refractivity contribution in [3.63, 3.8) is 0 Å². The molecule has 0 unspecified atom stereocenters. The predicted molar refractivity (Wildman–Crippen MR) is 141 cm³/mol. The highest BCUT2D eigenvalue weighted by molar-refractivity contribution is 6.30. The van der Waals surface area contributed by atoms with Gasteiger partial charge in [-0.2, -0.15) is 4.89 Å². The van der Waals surface area contributed by atoms with Crippen molar-refractivity contribution in [3.05, 3.63) is 64.3 Å². The Kier molecular flexibility index (Phi) is 9.08. The molecule has 13 heteroatoms. The van der Waals surface area contributed by atoms with Gasteiger partial charge < -0.3 is 30.1 Å². The molecule has 0 bridgehead atoms. The fourth-order valence-corrected chi connectivity index (χ4v) is 4.75. The van der Waals surface area contributed by atoms with Crippen molar-refractivity contribution >= 4 is 40.3 Å². The van der Waals surface area contributed by atoms with E-state index >= 15 is 0 Å². The molecule has 4 N–H and O–H groups in total. The second-order valence-electron chi connectivity index (χ2n) is 9.26. The van der Waals surface area contributed by atoms with Crippen LogP contribution in [-0.2, 0) is 30.5 Å². The SMILES string of the molecule is COc1ccc2c(c1)c(CC(=O)OO[C@H]1O[C@H](CO)[C@@H](O)[C@H](O)[C@H]1NC(C)=O)c(C)n2C(=O)c1ccc(Cl)cc1. The Hall–Kier alpha value is -3.52. The zero-order chi connectivity index (χ0) is 29.1. The minimum Gasteiger partial charge on any atom is -0.497 e. The highest BCUT2D eigenvalue weighted by Crippen LogP contribution is 2.31. The second kappa shape index (κ2) is 12.3. The molecule has 4 rings (SSSR count). The van der Waals surface area contributed by atoms with Crippen molar-refractivity contribution in [1.29, 1.82) is 0 Å². The van der Waals surface area contributed by atoms with E-state index in [0.29, 0.717) is 38.5 Å². The van der Waals surface area contributed by atoms with Crippen LogP contribution < -0.4 is 10.1 Å². The van der Waals surface area contributed by atoms with Crippen LogP contribution in [0.5, 0.6) is 5.75 Å². The Bertz CT molecular complexity index is 1410. The number of nitrogens with zero attached hydrogens (tertiary/aromatic N) is 1. The van der Waals surface area contributed by atoms with Crippen LogP contribution in [0.1, 0.15) is 28.5 Å². The third-order valence-electron chi connectivity index (χ3n) is 6.64. The molecule has 0 spiro atoms. The average Bonchev–Trinajstić information content (AvgIpc) is 3.20. The number of aliphatic hydroxyl groups is 3. The average molecular weight is 577 g/mol. The summed E-state index contributed by atoms with van der Waals surface area (Å²) in [5, 5.41) is 33.4. The largest absolute Gasteiger partial charge is 0.497 e. The molecule has 12 nitrogen and oxygen atoms in total. The highest BCUT2D eigenvalue weighted by atomic mass is 35.5. The van der Waals surface area contributed by atoms with Crippen LogP contribution in [0.4, 0.5) is 0 Å². The van der Waals surface area contributed by atoms with Crippen molar-refractivity contribution in [3.8, 4) is 5.75 Å². The van der Waals surface area contributed by atoms with Crippen LogP contribution >= 0.6 is 11.6 Å². The molecule has 1 aromatic heterocycles. The van der Waals surface area contributed by atoms with Crippen LogP contribution in [-0.4, -0.2) is 82.0 Å². The van der Waals surface area contributed by atoms with Crippen molar-refractivity contribution < 1.29 is 49.0 Å². The van der Waals surface area contributed by atoms with E-state index in [9.17, 15) is 29.7 Å². The molecule has 0 radical (unpaired) electrons. The molecule has 1 aliphatic rings. The van der Waals surface area contributed by atoms with Gasteiger partial charge in [0.25, 0.3) is 5.91 Å². The minimum absolute atomic E-state index is 0.331. The maximum atomic E-state index is 13.5. The Morgan fingerprint density at radius 3 is 2.42 bits per heavy atom. The van der Waals surface area contributed by atoms with Crippen molar-refractivity contribution in [2.75, 3.05) is 13.7 Å². The van der Waals surface area contributed by atoms with Gasteiger partial charge in [0.05, 0.1) is 25.7 Å². The van der Waals surface area contributed by atoms with Crippen molar-refractivity contribution in [2.24, 2.45) is 0 Å². The summed E-state index contributed by atoms with van der Waals surface area (Å²) in [6.07, 6.45) is -6.22. The number of fused-ring (bicyclic) bond motifs is 1. The molecule has 1 fully saturated rings. The van der Waals surface area contributed by atoms with Gasteiger partial charge in [0.15, 0.2) is 0 Å². The summed E-state index contributed by atoms with van der Waals surface area (Å²) in [6.45, 7) is 2.20. The first-order valence-corrected chi connectivity index (χ1v) is 12.7. The topological polar surface area (TPSA) is 166 Å². The van der Waals surface area contributed by atoms with Gasteiger partial charge in [-0.15, -0.1) is 0 Å². The number of carbonyl (C=O) groups is 3. The fourth-order valence-electron chi connectivity index (χ4n) is 4.62. The molecular weight excluding hydrogens is 548 g/mol. The van der Waals surface area contributed by atoms with Gasteiger partial charge >= 0.3 is 5.97 Å². The lowest BCUT2D eigenvalue weighted by atomic mass is 9.97. The number of methoxy groups -OCH3 is 1. The van der Waals surface area contributed by atoms with E-state index in [0.717, 1.165) is 0 Å². The second-order valence-corrected chi connectivity index (χ2v) is 9.69. The number of rotatable bonds is 8. The van der Waals surface area contributed by atoms with Gasteiger partial charge in [-0.05, 0) is 55.0 Å². The Labute approximate surface area is 233 Å². The van der Waals surface area contributed by atoms with Gasteiger partial charge in [-0.3, -0.25) is 19.0 Å². The smallest absolute Gasteiger partial charge is 0.346 e. The molecule has 1 aliphatic heterocycles.